The fraction of sp³-hybridized carbons (Fsp3) is 0.278. The molecule has 4 aliphatic rings. The highest BCUT2D eigenvalue weighted by Crippen LogP contribution is 2.43. The zero-order valence-corrected chi connectivity index (χ0v) is 25.9. The Morgan fingerprint density at radius 3 is 1.46 bits per heavy atom. The van der Waals surface area contributed by atoms with Gasteiger partial charge >= 0.3 is 0 Å². The first-order valence-electron chi connectivity index (χ1n) is 15.6. The number of carbonyl (C=O) groups is 2. The zero-order valence-electron chi connectivity index (χ0n) is 25.9. The van der Waals surface area contributed by atoms with Crippen LogP contribution in [0.2, 0.25) is 0 Å². The number of methoxy groups -OCH3 is 2. The lowest BCUT2D eigenvalue weighted by Gasteiger charge is -2.44. The molecule has 0 fully saturated rings. The van der Waals surface area contributed by atoms with Crippen molar-refractivity contribution in [3.8, 4) is 11.5 Å². The van der Waals surface area contributed by atoms with Crippen LogP contribution in [0, 0.1) is 0 Å². The zero-order chi connectivity index (χ0) is 31.9. The molecule has 4 heterocycles. The van der Waals surface area contributed by atoms with Gasteiger partial charge in [-0.1, -0.05) is 48.5 Å². The standard InChI is InChI=1S/2C18H19N3O2/c2*1-23-12-5-2-4-11(10-12)17-20-18(22)14-7-3-6-13-15(19)8-9-21(17)16(13)14/h2*2-7,10,15,17H,8-9,19H2,1H3,(H,20,22)/t2*15-,17-/m10/s1. The molecule has 0 bridgehead atoms. The molecule has 0 aliphatic carbocycles. The van der Waals surface area contributed by atoms with Crippen molar-refractivity contribution >= 4 is 23.2 Å². The molecule has 0 unspecified atom stereocenters. The minimum atomic E-state index is -0.196. The molecule has 0 radical (unpaired) electrons. The Bertz CT molecular complexity index is 1680. The average Bonchev–Trinajstić information content (AvgIpc) is 3.10. The number of hydrogen-bond donors (Lipinski definition) is 4. The Morgan fingerprint density at radius 1 is 0.630 bits per heavy atom. The van der Waals surface area contributed by atoms with Crippen LogP contribution in [0.1, 0.15) is 80.2 Å². The molecule has 4 aromatic carbocycles. The molecular formula is C36H38N6O4. The number of hydrogen-bond acceptors (Lipinski definition) is 8. The van der Waals surface area contributed by atoms with Crippen LogP contribution >= 0.6 is 0 Å². The van der Waals surface area contributed by atoms with Gasteiger partial charge in [0.05, 0.1) is 36.7 Å². The molecule has 0 saturated carbocycles. The molecule has 0 spiro atoms. The highest BCUT2D eigenvalue weighted by Gasteiger charge is 2.38. The van der Waals surface area contributed by atoms with Gasteiger partial charge in [-0.3, -0.25) is 9.59 Å². The fourth-order valence-corrected chi connectivity index (χ4v) is 7.05. The van der Waals surface area contributed by atoms with E-state index >= 15 is 0 Å². The van der Waals surface area contributed by atoms with Crippen molar-refractivity contribution in [3.05, 3.63) is 118 Å². The Morgan fingerprint density at radius 2 is 1.04 bits per heavy atom. The number of ether oxygens (including phenoxy) is 2. The Hall–Kier alpha value is -5.06. The van der Waals surface area contributed by atoms with E-state index in [1.54, 1.807) is 14.2 Å². The molecule has 2 amide bonds. The summed E-state index contributed by atoms with van der Waals surface area (Å²) in [5.41, 5.74) is 20.0. The summed E-state index contributed by atoms with van der Waals surface area (Å²) in [5.74, 6) is 1.45. The van der Waals surface area contributed by atoms with Gasteiger partial charge in [-0.05, 0) is 71.5 Å². The lowest BCUT2D eigenvalue weighted by atomic mass is 9.90. The molecule has 8 rings (SSSR count). The number of rotatable bonds is 4. The maximum atomic E-state index is 12.6. The van der Waals surface area contributed by atoms with Gasteiger partial charge in [-0.15, -0.1) is 0 Å². The molecule has 10 nitrogen and oxygen atoms in total. The Balaban J connectivity index is 0.000000147. The molecule has 0 aromatic heterocycles. The van der Waals surface area contributed by atoms with Crippen molar-refractivity contribution in [1.82, 2.24) is 10.6 Å². The SMILES string of the molecule is COc1cccc([C@@H]2NC(=O)c3cccc4c3N2CC[C@H]4N)c1.COc1cccc([C@H]2NC(=O)c3cccc4c3N2CC[C@@H]4N)c1. The van der Waals surface area contributed by atoms with E-state index < -0.39 is 0 Å². The predicted octanol–water partition coefficient (Wildman–Crippen LogP) is 4.69. The number of para-hydroxylation sites is 2. The number of amides is 2. The van der Waals surface area contributed by atoms with E-state index in [0.717, 1.165) is 71.1 Å². The summed E-state index contributed by atoms with van der Waals surface area (Å²) in [6, 6.07) is 27.2. The number of carbonyl (C=O) groups excluding carboxylic acids is 2. The first-order chi connectivity index (χ1) is 22.4. The van der Waals surface area contributed by atoms with Crippen LogP contribution < -0.4 is 41.4 Å². The van der Waals surface area contributed by atoms with Gasteiger partial charge < -0.3 is 41.4 Å². The van der Waals surface area contributed by atoms with Crippen molar-refractivity contribution in [3.63, 3.8) is 0 Å². The molecule has 6 N–H and O–H groups in total. The summed E-state index contributed by atoms with van der Waals surface area (Å²) < 4.78 is 10.6. The normalized spacial score (nSPS) is 22.3. The third-order valence-corrected chi connectivity index (χ3v) is 9.34. The third kappa shape index (κ3) is 5.09. The molecule has 10 heteroatoms. The van der Waals surface area contributed by atoms with Crippen LogP contribution in [0.3, 0.4) is 0 Å². The van der Waals surface area contributed by atoms with Gasteiger partial charge in [0.1, 0.15) is 23.8 Å². The van der Waals surface area contributed by atoms with E-state index in [9.17, 15) is 9.59 Å². The number of anilines is 2. The number of nitrogens with two attached hydrogens (primary N) is 2. The number of benzene rings is 4. The van der Waals surface area contributed by atoms with Crippen molar-refractivity contribution in [2.45, 2.75) is 37.3 Å². The second-order valence-electron chi connectivity index (χ2n) is 12.0. The van der Waals surface area contributed by atoms with E-state index in [1.807, 2.05) is 84.9 Å². The highest BCUT2D eigenvalue weighted by atomic mass is 16.5. The van der Waals surface area contributed by atoms with Crippen molar-refractivity contribution in [2.24, 2.45) is 11.5 Å². The molecular weight excluding hydrogens is 580 g/mol. The maximum Gasteiger partial charge on any atom is 0.255 e. The van der Waals surface area contributed by atoms with Crippen LogP contribution in [-0.2, 0) is 0 Å². The van der Waals surface area contributed by atoms with Crippen LogP contribution in [0.25, 0.3) is 0 Å². The summed E-state index contributed by atoms with van der Waals surface area (Å²) in [6.07, 6.45) is 1.34. The third-order valence-electron chi connectivity index (χ3n) is 9.34. The summed E-state index contributed by atoms with van der Waals surface area (Å²) in [6.45, 7) is 1.63. The fourth-order valence-electron chi connectivity index (χ4n) is 7.05. The highest BCUT2D eigenvalue weighted by molar-refractivity contribution is 6.04. The van der Waals surface area contributed by atoms with Crippen molar-refractivity contribution in [2.75, 3.05) is 37.1 Å². The minimum absolute atomic E-state index is 0.0157. The Kier molecular flexibility index (Phi) is 7.75. The summed E-state index contributed by atoms with van der Waals surface area (Å²) in [4.78, 5) is 29.6. The maximum absolute atomic E-state index is 12.6. The van der Waals surface area contributed by atoms with Crippen LogP contribution in [0.4, 0.5) is 11.4 Å². The predicted molar refractivity (Wildman–Crippen MR) is 177 cm³/mol. The van der Waals surface area contributed by atoms with E-state index in [-0.39, 0.29) is 36.2 Å². The monoisotopic (exact) mass is 618 g/mol. The lowest BCUT2D eigenvalue weighted by Crippen LogP contribution is -2.49. The van der Waals surface area contributed by atoms with Gasteiger partial charge in [-0.2, -0.15) is 0 Å². The van der Waals surface area contributed by atoms with Crippen LogP contribution in [-0.4, -0.2) is 39.1 Å². The van der Waals surface area contributed by atoms with Gasteiger partial charge in [0, 0.05) is 25.2 Å². The van der Waals surface area contributed by atoms with Gasteiger partial charge in [-0.25, -0.2) is 0 Å². The van der Waals surface area contributed by atoms with Crippen molar-refractivity contribution < 1.29 is 19.1 Å². The molecule has 236 valence electrons. The quantitative estimate of drug-likeness (QED) is 0.259. The minimum Gasteiger partial charge on any atom is -0.497 e. The Labute approximate surface area is 268 Å². The van der Waals surface area contributed by atoms with Gasteiger partial charge in [0.2, 0.25) is 0 Å². The van der Waals surface area contributed by atoms with Crippen molar-refractivity contribution in [1.29, 1.82) is 0 Å². The largest absolute Gasteiger partial charge is 0.497 e. The van der Waals surface area contributed by atoms with Crippen LogP contribution in [0.15, 0.2) is 84.9 Å². The van der Waals surface area contributed by atoms with E-state index in [0.29, 0.717) is 11.1 Å². The van der Waals surface area contributed by atoms with Gasteiger partial charge in [0.15, 0.2) is 0 Å². The van der Waals surface area contributed by atoms with E-state index in [1.165, 1.54) is 0 Å². The molecule has 4 aromatic rings. The molecule has 46 heavy (non-hydrogen) atoms. The lowest BCUT2D eigenvalue weighted by molar-refractivity contribution is 0.0916. The number of nitrogens with zero attached hydrogens (tertiary/aromatic N) is 2. The average molecular weight is 619 g/mol. The smallest absolute Gasteiger partial charge is 0.255 e. The summed E-state index contributed by atoms with van der Waals surface area (Å²) in [7, 11) is 3.29. The van der Waals surface area contributed by atoms with E-state index in [4.69, 9.17) is 20.9 Å². The number of nitrogens with one attached hydrogen (secondary N) is 2. The molecule has 4 aliphatic heterocycles. The molecule has 0 saturated heterocycles. The van der Waals surface area contributed by atoms with Gasteiger partial charge in [0.25, 0.3) is 11.8 Å². The first kappa shape index (κ1) is 29.6. The second kappa shape index (κ2) is 12.0. The summed E-state index contributed by atoms with van der Waals surface area (Å²) in [5, 5.41) is 6.22. The van der Waals surface area contributed by atoms with E-state index in [2.05, 4.69) is 20.4 Å². The first-order valence-corrected chi connectivity index (χ1v) is 15.6. The molecule has 4 atom stereocenters. The van der Waals surface area contributed by atoms with Crippen LogP contribution in [0.5, 0.6) is 11.5 Å². The topological polar surface area (TPSA) is 135 Å². The summed E-state index contributed by atoms with van der Waals surface area (Å²) >= 11 is 0. The second-order valence-corrected chi connectivity index (χ2v) is 12.0.